The second-order valence-electron chi connectivity index (χ2n) is 5.61. The number of benzene rings is 1. The summed E-state index contributed by atoms with van der Waals surface area (Å²) in [5.41, 5.74) is 1.55. The Balaban J connectivity index is 2.66. The van der Waals surface area contributed by atoms with E-state index < -0.39 is 0 Å². The first-order valence-electron chi connectivity index (χ1n) is 6.05. The Hall–Kier alpha value is -0.760. The number of Topliss-reactive ketones (excluding diaryl/α,β-unsaturated/α-hetero) is 1. The van der Waals surface area contributed by atoms with Crippen LogP contribution >= 0.6 is 11.8 Å². The Morgan fingerprint density at radius 1 is 1.24 bits per heavy atom. The zero-order valence-electron chi connectivity index (χ0n) is 11.4. The van der Waals surface area contributed by atoms with Crippen LogP contribution in [-0.4, -0.2) is 11.0 Å². The summed E-state index contributed by atoms with van der Waals surface area (Å²) in [6.07, 6.45) is 0.645. The molecule has 0 N–H and O–H groups in total. The van der Waals surface area contributed by atoms with Gasteiger partial charge in [-0.05, 0) is 30.0 Å². The van der Waals surface area contributed by atoms with Gasteiger partial charge in [-0.25, -0.2) is 0 Å². The van der Waals surface area contributed by atoms with Crippen molar-refractivity contribution in [2.45, 2.75) is 56.6 Å². The second kappa shape index (κ2) is 5.72. The highest BCUT2D eigenvalue weighted by atomic mass is 32.2. The molecule has 0 fully saturated rings. The van der Waals surface area contributed by atoms with E-state index in [1.165, 1.54) is 10.5 Å². The zero-order chi connectivity index (χ0) is 13.1. The van der Waals surface area contributed by atoms with Gasteiger partial charge in [0.25, 0.3) is 0 Å². The minimum Gasteiger partial charge on any atom is -0.300 e. The van der Waals surface area contributed by atoms with E-state index in [2.05, 4.69) is 52.0 Å². The lowest BCUT2D eigenvalue weighted by Crippen LogP contribution is -2.10. The van der Waals surface area contributed by atoms with Crippen LogP contribution in [0, 0.1) is 0 Å². The minimum absolute atomic E-state index is 0.203. The fraction of sp³-hybridized carbons (Fsp3) is 0.533. The van der Waals surface area contributed by atoms with E-state index >= 15 is 0 Å². The monoisotopic (exact) mass is 250 g/mol. The Morgan fingerprint density at radius 2 is 1.76 bits per heavy atom. The van der Waals surface area contributed by atoms with Crippen LogP contribution in [0.1, 0.15) is 46.6 Å². The average molecular weight is 250 g/mol. The molecule has 0 radical (unpaired) electrons. The molecule has 0 aromatic heterocycles. The van der Waals surface area contributed by atoms with Crippen molar-refractivity contribution in [1.29, 1.82) is 0 Å². The van der Waals surface area contributed by atoms with Crippen molar-refractivity contribution in [3.05, 3.63) is 29.8 Å². The summed E-state index contributed by atoms with van der Waals surface area (Å²) in [5.74, 6) is 0.260. The fourth-order valence-electron chi connectivity index (χ4n) is 1.71. The summed E-state index contributed by atoms with van der Waals surface area (Å²) < 4.78 is 0. The summed E-state index contributed by atoms with van der Waals surface area (Å²) in [5, 5.41) is 0.355. The van der Waals surface area contributed by atoms with Crippen molar-refractivity contribution in [2.24, 2.45) is 0 Å². The first kappa shape index (κ1) is 14.3. The summed E-state index contributed by atoms with van der Waals surface area (Å²) in [6.45, 7) is 10.4. The second-order valence-corrected chi connectivity index (χ2v) is 7.12. The van der Waals surface area contributed by atoms with Gasteiger partial charge in [-0.15, -0.1) is 11.8 Å². The molecule has 2 heteroatoms. The molecule has 1 aromatic carbocycles. The maximum absolute atomic E-state index is 11.0. The Bertz CT molecular complexity index is 373. The number of ketones is 1. The van der Waals surface area contributed by atoms with Crippen LogP contribution in [0.3, 0.4) is 0 Å². The van der Waals surface area contributed by atoms with E-state index in [9.17, 15) is 4.79 Å². The molecular formula is C15H22OS. The average Bonchev–Trinajstić information content (AvgIpc) is 2.15. The van der Waals surface area contributed by atoms with Crippen molar-refractivity contribution in [1.82, 2.24) is 0 Å². The summed E-state index contributed by atoms with van der Waals surface area (Å²) in [6, 6.07) is 8.68. The molecular weight excluding hydrogens is 228 g/mol. The maximum Gasteiger partial charge on any atom is 0.130 e. The van der Waals surface area contributed by atoms with E-state index in [0.717, 1.165) is 0 Å². The van der Waals surface area contributed by atoms with Gasteiger partial charge >= 0.3 is 0 Å². The third-order valence-electron chi connectivity index (χ3n) is 2.63. The molecule has 0 saturated carbocycles. The van der Waals surface area contributed by atoms with Gasteiger partial charge in [-0.1, -0.05) is 39.8 Å². The van der Waals surface area contributed by atoms with E-state index in [1.54, 1.807) is 18.7 Å². The van der Waals surface area contributed by atoms with Gasteiger partial charge in [0.05, 0.1) is 0 Å². The first-order chi connectivity index (χ1) is 7.79. The Kier molecular flexibility index (Phi) is 4.81. The molecule has 1 rings (SSSR count). The van der Waals surface area contributed by atoms with Gasteiger partial charge in [0.2, 0.25) is 0 Å². The topological polar surface area (TPSA) is 17.1 Å². The van der Waals surface area contributed by atoms with Crippen molar-refractivity contribution in [3.63, 3.8) is 0 Å². The molecule has 0 saturated heterocycles. The summed E-state index contributed by atoms with van der Waals surface area (Å²) in [7, 11) is 0. The molecule has 1 atom stereocenters. The zero-order valence-corrected chi connectivity index (χ0v) is 12.2. The quantitative estimate of drug-likeness (QED) is 0.735. The molecule has 0 aliphatic carbocycles. The van der Waals surface area contributed by atoms with Crippen molar-refractivity contribution < 1.29 is 4.79 Å². The smallest absolute Gasteiger partial charge is 0.130 e. The predicted octanol–water partition coefficient (Wildman–Crippen LogP) is 4.44. The van der Waals surface area contributed by atoms with Crippen LogP contribution in [0.5, 0.6) is 0 Å². The number of hydrogen-bond donors (Lipinski definition) is 0. The lowest BCUT2D eigenvalue weighted by Gasteiger charge is -2.19. The molecule has 1 nitrogen and oxygen atoms in total. The molecule has 0 aliphatic heterocycles. The van der Waals surface area contributed by atoms with Crippen molar-refractivity contribution in [2.75, 3.05) is 0 Å². The Morgan fingerprint density at radius 3 is 2.18 bits per heavy atom. The van der Waals surface area contributed by atoms with Crippen LogP contribution in [0.15, 0.2) is 29.2 Å². The molecule has 0 bridgehead atoms. The lowest BCUT2D eigenvalue weighted by molar-refractivity contribution is -0.116. The van der Waals surface area contributed by atoms with E-state index in [0.29, 0.717) is 11.7 Å². The van der Waals surface area contributed by atoms with E-state index in [1.807, 2.05) is 0 Å². The van der Waals surface area contributed by atoms with Gasteiger partial charge in [0.15, 0.2) is 0 Å². The van der Waals surface area contributed by atoms with Crippen LogP contribution in [0.4, 0.5) is 0 Å². The Labute approximate surface area is 109 Å². The summed E-state index contributed by atoms with van der Waals surface area (Å²) in [4.78, 5) is 12.3. The molecule has 0 aliphatic rings. The lowest BCUT2D eigenvalue weighted by atomic mass is 9.87. The normalized spacial score (nSPS) is 13.5. The SMILES string of the molecule is CC(=O)CC(C)Sc1ccc(C(C)(C)C)cc1. The highest BCUT2D eigenvalue weighted by molar-refractivity contribution is 8.00. The number of carbonyl (C=O) groups excluding carboxylic acids is 1. The standard InChI is InChI=1S/C15H22OS/c1-11(16)10-12(2)17-14-8-6-13(7-9-14)15(3,4)5/h6-9,12H,10H2,1-5H3. The van der Waals surface area contributed by atoms with Crippen molar-refractivity contribution in [3.8, 4) is 0 Å². The predicted molar refractivity (Wildman–Crippen MR) is 75.8 cm³/mol. The maximum atomic E-state index is 11.0. The van der Waals surface area contributed by atoms with Crippen LogP contribution in [0.25, 0.3) is 0 Å². The van der Waals surface area contributed by atoms with E-state index in [-0.39, 0.29) is 11.2 Å². The number of carbonyl (C=O) groups is 1. The molecule has 0 amide bonds. The number of rotatable bonds is 4. The van der Waals surface area contributed by atoms with Gasteiger partial charge in [0, 0.05) is 16.6 Å². The van der Waals surface area contributed by atoms with E-state index in [4.69, 9.17) is 0 Å². The largest absolute Gasteiger partial charge is 0.300 e. The molecule has 1 unspecified atom stereocenters. The molecule has 17 heavy (non-hydrogen) atoms. The molecule has 0 heterocycles. The highest BCUT2D eigenvalue weighted by Gasteiger charge is 2.13. The molecule has 0 spiro atoms. The van der Waals surface area contributed by atoms with Crippen molar-refractivity contribution >= 4 is 17.5 Å². The highest BCUT2D eigenvalue weighted by Crippen LogP contribution is 2.28. The third-order valence-corrected chi connectivity index (χ3v) is 3.75. The molecule has 94 valence electrons. The molecule has 1 aromatic rings. The van der Waals surface area contributed by atoms with Gasteiger partial charge in [-0.3, -0.25) is 4.79 Å². The van der Waals surface area contributed by atoms with Crippen LogP contribution < -0.4 is 0 Å². The number of thioether (sulfide) groups is 1. The van der Waals surface area contributed by atoms with Crippen LogP contribution in [-0.2, 0) is 10.2 Å². The van der Waals surface area contributed by atoms with Gasteiger partial charge < -0.3 is 0 Å². The number of hydrogen-bond acceptors (Lipinski definition) is 2. The first-order valence-corrected chi connectivity index (χ1v) is 6.93. The van der Waals surface area contributed by atoms with Gasteiger partial charge in [-0.2, -0.15) is 0 Å². The fourth-order valence-corrected chi connectivity index (χ4v) is 2.79. The van der Waals surface area contributed by atoms with Gasteiger partial charge in [0.1, 0.15) is 5.78 Å². The third kappa shape index (κ3) is 4.95. The minimum atomic E-state index is 0.203. The van der Waals surface area contributed by atoms with Crippen LogP contribution in [0.2, 0.25) is 0 Å². The summed E-state index contributed by atoms with van der Waals surface area (Å²) >= 11 is 1.77.